The highest BCUT2D eigenvalue weighted by molar-refractivity contribution is 7.47. The Labute approximate surface area is 94.4 Å². The van der Waals surface area contributed by atoms with Crippen LogP contribution in [-0.2, 0) is 0 Å². The van der Waals surface area contributed by atoms with Crippen LogP contribution in [0.15, 0.2) is 24.3 Å². The average Bonchev–Trinajstić information content (AvgIpc) is 2.15. The van der Waals surface area contributed by atoms with Gasteiger partial charge >= 0.3 is 0 Å². The molecule has 1 nitrogen and oxygen atoms in total. The number of halogens is 1. The Morgan fingerprint density at radius 2 is 1.79 bits per heavy atom. The van der Waals surface area contributed by atoms with E-state index in [0.717, 1.165) is 20.2 Å². The van der Waals surface area contributed by atoms with E-state index in [1.54, 1.807) is 7.11 Å². The summed E-state index contributed by atoms with van der Waals surface area (Å²) in [6.07, 6.45) is 1.28. The summed E-state index contributed by atoms with van der Waals surface area (Å²) in [5.74, 6) is 1.73. The minimum absolute atomic E-state index is 0. The van der Waals surface area contributed by atoms with Gasteiger partial charge in [0.2, 0.25) is 0 Å². The van der Waals surface area contributed by atoms with Gasteiger partial charge in [0.25, 0.3) is 0 Å². The topological polar surface area (TPSA) is 9.23 Å². The summed E-state index contributed by atoms with van der Waals surface area (Å²) in [4.78, 5) is 0. The van der Waals surface area contributed by atoms with Crippen molar-refractivity contribution in [3.8, 4) is 5.75 Å². The highest BCUT2D eigenvalue weighted by Crippen LogP contribution is 2.16. The fourth-order valence-corrected chi connectivity index (χ4v) is 2.08. The van der Waals surface area contributed by atoms with Crippen molar-refractivity contribution in [1.29, 1.82) is 0 Å². The monoisotopic (exact) mass is 232 g/mol. The van der Waals surface area contributed by atoms with Crippen LogP contribution in [0.2, 0.25) is 0 Å². The second kappa shape index (κ2) is 7.09. The molecule has 0 amide bonds. The Kier molecular flexibility index (Phi) is 6.96. The lowest BCUT2D eigenvalue weighted by atomic mass is 10.3. The lowest BCUT2D eigenvalue weighted by Crippen LogP contribution is -1.98. The van der Waals surface area contributed by atoms with Gasteiger partial charge in [0.05, 0.1) is 7.11 Å². The molecule has 0 fully saturated rings. The molecule has 0 spiro atoms. The summed E-state index contributed by atoms with van der Waals surface area (Å²) in [6.45, 7) is 4.52. The number of hydrogen-bond acceptors (Lipinski definition) is 1. The van der Waals surface area contributed by atoms with Gasteiger partial charge < -0.3 is 4.74 Å². The number of rotatable bonds is 4. The maximum Gasteiger partial charge on any atom is 0.118 e. The number of benzene rings is 1. The first-order chi connectivity index (χ1) is 6.22. The predicted molar refractivity (Wildman–Crippen MR) is 67.9 cm³/mol. The van der Waals surface area contributed by atoms with Crippen LogP contribution in [0.3, 0.4) is 0 Å². The highest BCUT2D eigenvalue weighted by Gasteiger charge is 1.96. The summed E-state index contributed by atoms with van der Waals surface area (Å²) in [5.41, 5.74) is 0. The zero-order chi connectivity index (χ0) is 9.68. The Morgan fingerprint density at radius 1 is 1.21 bits per heavy atom. The number of hydrogen-bond donors (Lipinski definition) is 0. The van der Waals surface area contributed by atoms with Gasteiger partial charge in [-0.05, 0) is 29.5 Å². The van der Waals surface area contributed by atoms with Crippen LogP contribution in [0.25, 0.3) is 0 Å². The molecule has 14 heavy (non-hydrogen) atoms. The molecule has 1 unspecified atom stereocenters. The summed E-state index contributed by atoms with van der Waals surface area (Å²) in [6, 6.07) is 8.37. The molecule has 1 atom stereocenters. The van der Waals surface area contributed by atoms with Gasteiger partial charge in [0.15, 0.2) is 0 Å². The molecule has 1 aromatic carbocycles. The minimum atomic E-state index is 0. The van der Waals surface area contributed by atoms with Gasteiger partial charge in [0, 0.05) is 0 Å². The molecule has 1 rings (SSSR count). The highest BCUT2D eigenvalue weighted by atomic mass is 35.5. The summed E-state index contributed by atoms with van der Waals surface area (Å²) < 4.78 is 5.10. The normalized spacial score (nSPS) is 10.6. The third-order valence-corrected chi connectivity index (χ3v) is 3.57. The van der Waals surface area contributed by atoms with Crippen molar-refractivity contribution in [2.45, 2.75) is 13.8 Å². The van der Waals surface area contributed by atoms with Crippen LogP contribution in [-0.4, -0.2) is 13.3 Å². The van der Waals surface area contributed by atoms with E-state index < -0.39 is 0 Å². The van der Waals surface area contributed by atoms with Gasteiger partial charge in [-0.15, -0.1) is 12.4 Å². The third kappa shape index (κ3) is 4.83. The zero-order valence-corrected chi connectivity index (χ0v) is 10.7. The summed E-state index contributed by atoms with van der Waals surface area (Å²) in [7, 11) is 2.63. The van der Waals surface area contributed by atoms with E-state index in [1.807, 2.05) is 12.1 Å². The Bertz CT molecular complexity index is 246. The molecule has 0 saturated carbocycles. The van der Waals surface area contributed by atoms with Gasteiger partial charge in [-0.25, -0.2) is 0 Å². The number of ether oxygens (including phenoxy) is 1. The molecule has 0 saturated heterocycles. The molecule has 0 bridgehead atoms. The van der Waals surface area contributed by atoms with Crippen molar-refractivity contribution >= 4 is 26.3 Å². The first-order valence-corrected chi connectivity index (χ1v) is 5.81. The molecule has 0 aliphatic carbocycles. The molecule has 0 aliphatic heterocycles. The molecular formula is C11H18ClOP. The van der Waals surface area contributed by atoms with E-state index in [0.29, 0.717) is 0 Å². The predicted octanol–water partition coefficient (Wildman–Crippen LogP) is 3.08. The van der Waals surface area contributed by atoms with Gasteiger partial charge in [0.1, 0.15) is 5.75 Å². The van der Waals surface area contributed by atoms with Crippen molar-refractivity contribution in [1.82, 2.24) is 0 Å². The maximum absolute atomic E-state index is 5.10. The summed E-state index contributed by atoms with van der Waals surface area (Å²) in [5, 5.41) is 1.43. The summed E-state index contributed by atoms with van der Waals surface area (Å²) >= 11 is 0. The van der Waals surface area contributed by atoms with Crippen LogP contribution >= 0.6 is 21.0 Å². The van der Waals surface area contributed by atoms with Crippen molar-refractivity contribution in [2.24, 2.45) is 5.92 Å². The second-order valence-corrected chi connectivity index (χ2v) is 4.84. The fraction of sp³-hybridized carbons (Fsp3) is 0.455. The molecule has 0 radical (unpaired) electrons. The number of methoxy groups -OCH3 is 1. The largest absolute Gasteiger partial charge is 0.497 e. The molecule has 0 heterocycles. The van der Waals surface area contributed by atoms with Crippen LogP contribution in [0, 0.1) is 5.92 Å². The lowest BCUT2D eigenvalue weighted by Gasteiger charge is -2.05. The first-order valence-electron chi connectivity index (χ1n) is 4.60. The molecular weight excluding hydrogens is 215 g/mol. The molecule has 1 aromatic rings. The zero-order valence-electron chi connectivity index (χ0n) is 8.91. The van der Waals surface area contributed by atoms with Gasteiger partial charge in [-0.1, -0.05) is 34.6 Å². The van der Waals surface area contributed by atoms with E-state index >= 15 is 0 Å². The average molecular weight is 233 g/mol. The SMILES string of the molecule is COc1ccc(PCC(C)C)cc1.Cl. The molecule has 0 aliphatic rings. The van der Waals surface area contributed by atoms with E-state index in [1.165, 1.54) is 11.5 Å². The fourth-order valence-electron chi connectivity index (χ4n) is 1.03. The second-order valence-electron chi connectivity index (χ2n) is 3.50. The van der Waals surface area contributed by atoms with Crippen LogP contribution in [0.4, 0.5) is 0 Å². The van der Waals surface area contributed by atoms with Crippen LogP contribution in [0.1, 0.15) is 13.8 Å². The Hall–Kier alpha value is -0.260. The van der Waals surface area contributed by atoms with E-state index in [4.69, 9.17) is 4.74 Å². The quantitative estimate of drug-likeness (QED) is 0.725. The van der Waals surface area contributed by atoms with Gasteiger partial charge in [-0.2, -0.15) is 0 Å². The van der Waals surface area contributed by atoms with E-state index in [9.17, 15) is 0 Å². The minimum Gasteiger partial charge on any atom is -0.497 e. The molecule has 0 N–H and O–H groups in total. The van der Waals surface area contributed by atoms with E-state index in [-0.39, 0.29) is 12.4 Å². The molecule has 3 heteroatoms. The maximum atomic E-state index is 5.10. The van der Waals surface area contributed by atoms with Crippen molar-refractivity contribution in [2.75, 3.05) is 13.3 Å². The van der Waals surface area contributed by atoms with E-state index in [2.05, 4.69) is 26.0 Å². The van der Waals surface area contributed by atoms with Crippen molar-refractivity contribution < 1.29 is 4.74 Å². The molecule has 80 valence electrons. The Balaban J connectivity index is 0.00000169. The van der Waals surface area contributed by atoms with Crippen LogP contribution in [0.5, 0.6) is 5.75 Å². The van der Waals surface area contributed by atoms with Gasteiger partial charge in [-0.3, -0.25) is 0 Å². The standard InChI is InChI=1S/C11H17OP.ClH/c1-9(2)8-13-11-6-4-10(12-3)5-7-11;/h4-7,9,13H,8H2,1-3H3;1H. The lowest BCUT2D eigenvalue weighted by molar-refractivity contribution is 0.415. The first kappa shape index (κ1) is 13.7. The Morgan fingerprint density at radius 3 is 2.21 bits per heavy atom. The third-order valence-electron chi connectivity index (χ3n) is 1.80. The molecule has 0 aromatic heterocycles. The van der Waals surface area contributed by atoms with Crippen molar-refractivity contribution in [3.63, 3.8) is 0 Å². The van der Waals surface area contributed by atoms with Crippen molar-refractivity contribution in [3.05, 3.63) is 24.3 Å². The smallest absolute Gasteiger partial charge is 0.118 e. The van der Waals surface area contributed by atoms with Crippen LogP contribution < -0.4 is 10.0 Å².